The summed E-state index contributed by atoms with van der Waals surface area (Å²) in [5, 5.41) is 10.7. The summed E-state index contributed by atoms with van der Waals surface area (Å²) in [5.41, 5.74) is 1.03. The molecule has 0 unspecified atom stereocenters. The number of nitrogens with zero attached hydrogens (tertiary/aromatic N) is 2. The van der Waals surface area contributed by atoms with Gasteiger partial charge in [-0.2, -0.15) is 0 Å². The number of hydrogen-bond acceptors (Lipinski definition) is 5. The fourth-order valence-corrected chi connectivity index (χ4v) is 2.43. The van der Waals surface area contributed by atoms with Crippen LogP contribution in [-0.2, 0) is 16.0 Å². The Morgan fingerprint density at radius 1 is 1.20 bits per heavy atom. The van der Waals surface area contributed by atoms with Crippen LogP contribution in [0.3, 0.4) is 0 Å². The van der Waals surface area contributed by atoms with E-state index in [1.165, 1.54) is 0 Å². The smallest absolute Gasteiger partial charge is 0.191 e. The third-order valence-electron chi connectivity index (χ3n) is 3.91. The second-order valence-electron chi connectivity index (χ2n) is 5.81. The van der Waals surface area contributed by atoms with Crippen LogP contribution in [0.2, 0.25) is 0 Å². The number of nitrogens with one attached hydrogen (secondary N) is 2. The van der Waals surface area contributed by atoms with Crippen LogP contribution in [-0.4, -0.2) is 51.1 Å². The Balaban J connectivity index is 2.39. The van der Waals surface area contributed by atoms with Crippen LogP contribution in [0.5, 0.6) is 0 Å². The maximum Gasteiger partial charge on any atom is 0.191 e. The predicted octanol–water partition coefficient (Wildman–Crippen LogP) is 2.69. The Kier molecular flexibility index (Phi) is 11.7. The zero-order valence-corrected chi connectivity index (χ0v) is 16.1. The summed E-state index contributed by atoms with van der Waals surface area (Å²) in [6, 6.07) is 2.02. The molecule has 0 fully saturated rings. The van der Waals surface area contributed by atoms with Crippen LogP contribution in [0.1, 0.15) is 57.4 Å². The third kappa shape index (κ3) is 8.88. The van der Waals surface area contributed by atoms with Gasteiger partial charge < -0.3 is 24.6 Å². The maximum atomic E-state index is 5.44. The molecule has 0 saturated heterocycles. The number of ether oxygens (including phenoxy) is 2. The Morgan fingerprint density at radius 3 is 2.68 bits per heavy atom. The van der Waals surface area contributed by atoms with Gasteiger partial charge in [-0.1, -0.05) is 19.0 Å². The molecule has 0 bridgehead atoms. The summed E-state index contributed by atoms with van der Waals surface area (Å²) >= 11 is 0. The summed E-state index contributed by atoms with van der Waals surface area (Å²) in [6.07, 6.45) is 3.06. The minimum absolute atomic E-state index is 0.464. The highest BCUT2D eigenvalue weighted by atomic mass is 16.5. The number of aliphatic imine (C=N–C) groups is 1. The molecule has 0 aliphatic heterocycles. The van der Waals surface area contributed by atoms with Crippen LogP contribution in [0.25, 0.3) is 0 Å². The molecule has 1 aromatic rings. The number of methoxy groups -OCH3 is 1. The van der Waals surface area contributed by atoms with Crippen molar-refractivity contribution >= 4 is 5.96 Å². The predicted molar refractivity (Wildman–Crippen MR) is 100.0 cm³/mol. The van der Waals surface area contributed by atoms with Crippen molar-refractivity contribution in [1.29, 1.82) is 0 Å². The van der Waals surface area contributed by atoms with E-state index in [0.717, 1.165) is 49.8 Å². The van der Waals surface area contributed by atoms with E-state index in [-0.39, 0.29) is 0 Å². The average molecular weight is 354 g/mol. The molecular weight excluding hydrogens is 320 g/mol. The van der Waals surface area contributed by atoms with Gasteiger partial charge in [0.25, 0.3) is 0 Å². The molecule has 0 aliphatic rings. The fourth-order valence-electron chi connectivity index (χ4n) is 2.43. The van der Waals surface area contributed by atoms with Crippen LogP contribution in [0.15, 0.2) is 15.6 Å². The van der Waals surface area contributed by atoms with Crippen molar-refractivity contribution in [2.75, 3.05) is 40.0 Å². The molecule has 144 valence electrons. The largest absolute Gasteiger partial charge is 0.382 e. The fraction of sp³-hybridized carbons (Fsp3) is 0.778. The molecule has 1 aromatic heterocycles. The molecule has 0 saturated carbocycles. The first-order valence-electron chi connectivity index (χ1n) is 9.29. The summed E-state index contributed by atoms with van der Waals surface area (Å²) in [6.45, 7) is 10.5. The highest BCUT2D eigenvalue weighted by Crippen LogP contribution is 2.22. The lowest BCUT2D eigenvalue weighted by atomic mass is 9.99. The molecule has 0 amide bonds. The van der Waals surface area contributed by atoms with Crippen LogP contribution < -0.4 is 10.6 Å². The number of rotatable bonds is 13. The minimum atomic E-state index is 0.464. The van der Waals surface area contributed by atoms with Gasteiger partial charge in [0.05, 0.1) is 18.9 Å². The van der Waals surface area contributed by atoms with Gasteiger partial charge in [-0.3, -0.25) is 0 Å². The van der Waals surface area contributed by atoms with E-state index in [1.54, 1.807) is 7.11 Å². The molecule has 0 aromatic carbocycles. The first-order valence-corrected chi connectivity index (χ1v) is 9.29. The molecule has 25 heavy (non-hydrogen) atoms. The van der Waals surface area contributed by atoms with Crippen LogP contribution in [0.4, 0.5) is 0 Å². The Labute approximate surface area is 151 Å². The van der Waals surface area contributed by atoms with Crippen LogP contribution in [0, 0.1) is 0 Å². The van der Waals surface area contributed by atoms with Crippen molar-refractivity contribution in [2.24, 2.45) is 4.99 Å². The molecule has 2 N–H and O–H groups in total. The first-order chi connectivity index (χ1) is 12.2. The van der Waals surface area contributed by atoms with E-state index in [2.05, 4.69) is 34.6 Å². The topological polar surface area (TPSA) is 80.9 Å². The van der Waals surface area contributed by atoms with Crippen molar-refractivity contribution in [1.82, 2.24) is 15.8 Å². The van der Waals surface area contributed by atoms with Gasteiger partial charge in [-0.25, -0.2) is 4.99 Å². The highest BCUT2D eigenvalue weighted by molar-refractivity contribution is 5.79. The Bertz CT molecular complexity index is 473. The van der Waals surface area contributed by atoms with Gasteiger partial charge in [0.15, 0.2) is 11.7 Å². The van der Waals surface area contributed by atoms with Crippen molar-refractivity contribution in [2.45, 2.75) is 52.5 Å². The second-order valence-corrected chi connectivity index (χ2v) is 5.81. The molecule has 1 rings (SSSR count). The normalized spacial score (nSPS) is 12.0. The molecule has 7 heteroatoms. The van der Waals surface area contributed by atoms with Gasteiger partial charge in [-0.15, -0.1) is 0 Å². The molecular formula is C18H34N4O3. The van der Waals surface area contributed by atoms with E-state index in [4.69, 9.17) is 14.0 Å². The standard InChI is InChI=1S/C18H34N4O3/c1-5-15(6-2)17-13-16(25-22-17)14-21-18(19-7-3)20-9-8-10-24-12-11-23-4/h13,15H,5-12,14H2,1-4H3,(H2,19,20,21). The first kappa shape index (κ1) is 21.4. The lowest BCUT2D eigenvalue weighted by Gasteiger charge is -2.11. The van der Waals surface area contributed by atoms with E-state index in [0.29, 0.717) is 32.3 Å². The quantitative estimate of drug-likeness (QED) is 0.322. The third-order valence-corrected chi connectivity index (χ3v) is 3.91. The lowest BCUT2D eigenvalue weighted by Crippen LogP contribution is -2.38. The van der Waals surface area contributed by atoms with Crippen molar-refractivity contribution in [3.63, 3.8) is 0 Å². The van der Waals surface area contributed by atoms with E-state index in [1.807, 2.05) is 13.0 Å². The van der Waals surface area contributed by atoms with Gasteiger partial charge in [0.2, 0.25) is 0 Å². The van der Waals surface area contributed by atoms with Crippen molar-refractivity contribution in [3.8, 4) is 0 Å². The van der Waals surface area contributed by atoms with Gasteiger partial charge in [-0.05, 0) is 26.2 Å². The lowest BCUT2D eigenvalue weighted by molar-refractivity contribution is 0.0698. The second kappa shape index (κ2) is 13.7. The molecule has 0 atom stereocenters. The zero-order valence-electron chi connectivity index (χ0n) is 16.1. The van der Waals surface area contributed by atoms with Gasteiger partial charge in [0.1, 0.15) is 6.54 Å². The van der Waals surface area contributed by atoms with E-state index in [9.17, 15) is 0 Å². The van der Waals surface area contributed by atoms with E-state index < -0.39 is 0 Å². The van der Waals surface area contributed by atoms with Gasteiger partial charge in [0, 0.05) is 38.8 Å². The zero-order chi connectivity index (χ0) is 18.3. The van der Waals surface area contributed by atoms with Crippen LogP contribution >= 0.6 is 0 Å². The number of aromatic nitrogens is 1. The number of guanidine groups is 1. The minimum Gasteiger partial charge on any atom is -0.382 e. The average Bonchev–Trinajstić information content (AvgIpc) is 3.08. The molecule has 1 heterocycles. The Hall–Kier alpha value is -1.60. The SMILES string of the molecule is CCNC(=NCc1cc(C(CC)CC)no1)NCCCOCCOC. The Morgan fingerprint density at radius 2 is 2.00 bits per heavy atom. The van der Waals surface area contributed by atoms with E-state index >= 15 is 0 Å². The molecule has 0 aliphatic carbocycles. The summed E-state index contributed by atoms with van der Waals surface area (Å²) < 4.78 is 15.8. The molecule has 0 spiro atoms. The van der Waals surface area contributed by atoms with Crippen molar-refractivity contribution in [3.05, 3.63) is 17.5 Å². The highest BCUT2D eigenvalue weighted by Gasteiger charge is 2.12. The monoisotopic (exact) mass is 354 g/mol. The molecule has 0 radical (unpaired) electrons. The summed E-state index contributed by atoms with van der Waals surface area (Å²) in [4.78, 5) is 4.56. The maximum absolute atomic E-state index is 5.44. The molecule has 7 nitrogen and oxygen atoms in total. The number of hydrogen-bond donors (Lipinski definition) is 2. The summed E-state index contributed by atoms with van der Waals surface area (Å²) in [7, 11) is 1.67. The van der Waals surface area contributed by atoms with Gasteiger partial charge >= 0.3 is 0 Å². The van der Waals surface area contributed by atoms with Crippen molar-refractivity contribution < 1.29 is 14.0 Å². The summed E-state index contributed by atoms with van der Waals surface area (Å²) in [5.74, 6) is 2.04.